The number of nitrogens with zero attached hydrogens (tertiary/aromatic N) is 2. The third-order valence-electron chi connectivity index (χ3n) is 4.87. The van der Waals surface area contributed by atoms with Crippen molar-refractivity contribution in [2.45, 2.75) is 24.8 Å². The Morgan fingerprint density at radius 1 is 1.28 bits per heavy atom. The number of halogens is 3. The van der Waals surface area contributed by atoms with Gasteiger partial charge in [-0.15, -0.1) is 0 Å². The van der Waals surface area contributed by atoms with E-state index in [1.165, 1.54) is 11.0 Å². The minimum absolute atomic E-state index is 0.0145. The number of carbonyl (C=O) groups is 2. The van der Waals surface area contributed by atoms with Crippen LogP contribution in [0, 0.1) is 0 Å². The number of aliphatic hydroxyl groups is 1. The Bertz CT molecular complexity index is 728. The van der Waals surface area contributed by atoms with E-state index >= 15 is 0 Å². The first-order valence-corrected chi connectivity index (χ1v) is 9.01. The van der Waals surface area contributed by atoms with Crippen molar-refractivity contribution in [1.82, 2.24) is 9.80 Å². The van der Waals surface area contributed by atoms with Crippen LogP contribution in [0.5, 0.6) is 5.75 Å². The topological polar surface area (TPSA) is 81.1 Å². The summed E-state index contributed by atoms with van der Waals surface area (Å²) in [5.41, 5.74) is 0.522. The minimum Gasteiger partial charge on any atom is -0.508 e. The Morgan fingerprint density at radius 2 is 2.00 bits per heavy atom. The minimum atomic E-state index is -0.622. The first-order valence-electron chi connectivity index (χ1n) is 7.88. The lowest BCUT2D eigenvalue weighted by Crippen LogP contribution is -2.60. The second kappa shape index (κ2) is 7.19. The second-order valence-corrected chi connectivity index (χ2v) is 7.48. The predicted octanol–water partition coefficient (Wildman–Crippen LogP) is 2.26. The Hall–Kier alpha value is -1.21. The standard InChI is InChI=1S/C16H17Cl3N2O4/c17-10-4-11(23)14(16(19)15(10)18)8-1-2-21-9(3-8)5-20(6-12(21)24)13(25)7-22/h4,8-9,22-23H,1-3,5-7H2/t8-,9+/m0/s1. The average Bonchev–Trinajstić information content (AvgIpc) is 2.58. The summed E-state index contributed by atoms with van der Waals surface area (Å²) in [4.78, 5) is 27.1. The highest BCUT2D eigenvalue weighted by molar-refractivity contribution is 6.48. The maximum Gasteiger partial charge on any atom is 0.248 e. The number of aromatic hydroxyl groups is 1. The molecule has 2 atom stereocenters. The lowest BCUT2D eigenvalue weighted by atomic mass is 9.83. The molecule has 0 aliphatic carbocycles. The molecule has 3 rings (SSSR count). The fourth-order valence-corrected chi connectivity index (χ4v) is 4.42. The van der Waals surface area contributed by atoms with Crippen LogP contribution in [0.25, 0.3) is 0 Å². The molecule has 2 aliphatic heterocycles. The van der Waals surface area contributed by atoms with Gasteiger partial charge in [-0.1, -0.05) is 34.8 Å². The van der Waals surface area contributed by atoms with Crippen LogP contribution in [0.15, 0.2) is 6.07 Å². The normalized spacial score (nSPS) is 23.6. The molecule has 9 heteroatoms. The molecule has 25 heavy (non-hydrogen) atoms. The number of rotatable bonds is 2. The van der Waals surface area contributed by atoms with Crippen molar-refractivity contribution < 1.29 is 19.8 Å². The molecule has 2 aliphatic rings. The molecule has 2 N–H and O–H groups in total. The first-order chi connectivity index (χ1) is 11.8. The maximum absolute atomic E-state index is 12.3. The molecular weight excluding hydrogens is 391 g/mol. The van der Waals surface area contributed by atoms with E-state index < -0.39 is 12.5 Å². The molecule has 0 bridgehead atoms. The molecule has 0 saturated carbocycles. The number of benzene rings is 1. The summed E-state index contributed by atoms with van der Waals surface area (Å²) in [5, 5.41) is 19.9. The monoisotopic (exact) mass is 406 g/mol. The molecular formula is C16H17Cl3N2O4. The van der Waals surface area contributed by atoms with Crippen LogP contribution in [0.3, 0.4) is 0 Å². The quantitative estimate of drug-likeness (QED) is 0.737. The van der Waals surface area contributed by atoms with Crippen LogP contribution in [-0.2, 0) is 9.59 Å². The fraction of sp³-hybridized carbons (Fsp3) is 0.500. The van der Waals surface area contributed by atoms with Crippen LogP contribution < -0.4 is 0 Å². The van der Waals surface area contributed by atoms with Gasteiger partial charge in [0.15, 0.2) is 0 Å². The summed E-state index contributed by atoms with van der Waals surface area (Å²) in [6, 6.07) is 1.17. The zero-order valence-corrected chi connectivity index (χ0v) is 15.5. The van der Waals surface area contributed by atoms with E-state index in [2.05, 4.69) is 0 Å². The number of phenolic OH excluding ortho intramolecular Hbond substituents is 1. The first kappa shape index (κ1) is 18.6. The van der Waals surface area contributed by atoms with Crippen molar-refractivity contribution in [3.8, 4) is 5.75 Å². The fourth-order valence-electron chi connectivity index (χ4n) is 3.66. The SMILES string of the molecule is O=C(CO)N1CC(=O)N2CC[C@H](c3c(O)cc(Cl)c(Cl)c3Cl)C[C@@H]2C1. The highest BCUT2D eigenvalue weighted by Crippen LogP contribution is 2.46. The summed E-state index contributed by atoms with van der Waals surface area (Å²) in [6.45, 7) is 0.217. The van der Waals surface area contributed by atoms with Crippen LogP contribution in [0.1, 0.15) is 24.3 Å². The smallest absolute Gasteiger partial charge is 0.248 e. The number of hydrogen-bond acceptors (Lipinski definition) is 4. The molecule has 0 aromatic heterocycles. The highest BCUT2D eigenvalue weighted by atomic mass is 35.5. The lowest BCUT2D eigenvalue weighted by molar-refractivity contribution is -0.151. The summed E-state index contributed by atoms with van der Waals surface area (Å²) in [6.07, 6.45) is 1.16. The van der Waals surface area contributed by atoms with Gasteiger partial charge in [-0.25, -0.2) is 0 Å². The average molecular weight is 408 g/mol. The summed E-state index contributed by atoms with van der Waals surface area (Å²) in [5.74, 6) is -0.740. The van der Waals surface area contributed by atoms with Gasteiger partial charge >= 0.3 is 0 Å². The molecule has 2 amide bonds. The molecule has 1 aromatic carbocycles. The van der Waals surface area contributed by atoms with Crippen molar-refractivity contribution in [2.24, 2.45) is 0 Å². The molecule has 6 nitrogen and oxygen atoms in total. The van der Waals surface area contributed by atoms with Gasteiger partial charge in [0.2, 0.25) is 11.8 Å². The van der Waals surface area contributed by atoms with Gasteiger partial charge in [-0.3, -0.25) is 9.59 Å². The van der Waals surface area contributed by atoms with E-state index in [1.54, 1.807) is 4.90 Å². The number of aliphatic hydroxyl groups excluding tert-OH is 1. The second-order valence-electron chi connectivity index (χ2n) is 6.31. The van der Waals surface area contributed by atoms with E-state index in [4.69, 9.17) is 39.9 Å². The van der Waals surface area contributed by atoms with Gasteiger partial charge in [0.25, 0.3) is 0 Å². The molecule has 2 fully saturated rings. The summed E-state index contributed by atoms with van der Waals surface area (Å²) < 4.78 is 0. The van der Waals surface area contributed by atoms with Crippen molar-refractivity contribution in [2.75, 3.05) is 26.2 Å². The van der Waals surface area contributed by atoms with Gasteiger partial charge in [0.05, 0.1) is 21.6 Å². The van der Waals surface area contributed by atoms with Crippen molar-refractivity contribution >= 4 is 46.6 Å². The van der Waals surface area contributed by atoms with Crippen LogP contribution in [0.4, 0.5) is 0 Å². The van der Waals surface area contributed by atoms with Crippen molar-refractivity contribution in [1.29, 1.82) is 0 Å². The van der Waals surface area contributed by atoms with E-state index in [1.807, 2.05) is 0 Å². The Labute approximate surface area is 159 Å². The van der Waals surface area contributed by atoms with Gasteiger partial charge in [0.1, 0.15) is 12.4 Å². The van der Waals surface area contributed by atoms with Crippen molar-refractivity contribution in [3.05, 3.63) is 26.7 Å². The van der Waals surface area contributed by atoms with Crippen LogP contribution in [0.2, 0.25) is 15.1 Å². The number of phenols is 1. The Kier molecular flexibility index (Phi) is 5.34. The number of piperidine rings is 1. The summed E-state index contributed by atoms with van der Waals surface area (Å²) >= 11 is 18.3. The molecule has 0 radical (unpaired) electrons. The molecule has 0 unspecified atom stereocenters. The van der Waals surface area contributed by atoms with E-state index in [-0.39, 0.29) is 45.2 Å². The third-order valence-corrected chi connectivity index (χ3v) is 6.14. The van der Waals surface area contributed by atoms with E-state index in [9.17, 15) is 14.7 Å². The molecule has 2 heterocycles. The maximum atomic E-state index is 12.3. The zero-order valence-electron chi connectivity index (χ0n) is 13.2. The van der Waals surface area contributed by atoms with E-state index in [0.717, 1.165) is 0 Å². The molecule has 2 saturated heterocycles. The number of amides is 2. The molecule has 136 valence electrons. The Balaban J connectivity index is 1.86. The predicted molar refractivity (Wildman–Crippen MR) is 94.3 cm³/mol. The number of piperazine rings is 1. The van der Waals surface area contributed by atoms with E-state index in [0.29, 0.717) is 31.5 Å². The van der Waals surface area contributed by atoms with Gasteiger partial charge < -0.3 is 20.0 Å². The molecule has 1 aromatic rings. The highest BCUT2D eigenvalue weighted by Gasteiger charge is 2.40. The molecule has 0 spiro atoms. The summed E-state index contributed by atoms with van der Waals surface area (Å²) in [7, 11) is 0. The number of carbonyl (C=O) groups excluding carboxylic acids is 2. The van der Waals surface area contributed by atoms with Gasteiger partial charge in [-0.05, 0) is 18.8 Å². The van der Waals surface area contributed by atoms with Gasteiger partial charge in [0, 0.05) is 30.8 Å². The Morgan fingerprint density at radius 3 is 2.68 bits per heavy atom. The number of fused-ring (bicyclic) bond motifs is 1. The van der Waals surface area contributed by atoms with Crippen molar-refractivity contribution in [3.63, 3.8) is 0 Å². The third kappa shape index (κ3) is 3.40. The van der Waals surface area contributed by atoms with Crippen LogP contribution in [-0.4, -0.2) is 64.1 Å². The number of hydrogen-bond donors (Lipinski definition) is 2. The zero-order chi connectivity index (χ0) is 18.3. The van der Waals surface area contributed by atoms with Gasteiger partial charge in [-0.2, -0.15) is 0 Å². The lowest BCUT2D eigenvalue weighted by Gasteiger charge is -2.46. The van der Waals surface area contributed by atoms with Crippen LogP contribution >= 0.6 is 34.8 Å². The largest absolute Gasteiger partial charge is 0.508 e.